The van der Waals surface area contributed by atoms with Crippen molar-refractivity contribution in [1.82, 2.24) is 10.2 Å². The Morgan fingerprint density at radius 2 is 2.28 bits per heavy atom. The third-order valence-corrected chi connectivity index (χ3v) is 3.50. The highest BCUT2D eigenvalue weighted by Crippen LogP contribution is 2.24. The molecule has 1 aromatic carbocycles. The Balaban J connectivity index is 2.11. The maximum Gasteiger partial charge on any atom is 0.273 e. The number of para-hydroxylation sites is 1. The zero-order valence-corrected chi connectivity index (χ0v) is 10.6. The van der Waals surface area contributed by atoms with Gasteiger partial charge in [0.25, 0.3) is 5.69 Å². The molecule has 2 rings (SSSR count). The van der Waals surface area contributed by atoms with Crippen molar-refractivity contribution >= 4 is 5.69 Å². The van der Waals surface area contributed by atoms with Crippen molar-refractivity contribution < 1.29 is 4.92 Å². The van der Waals surface area contributed by atoms with E-state index in [1.165, 1.54) is 12.8 Å². The molecule has 5 nitrogen and oxygen atoms in total. The highest BCUT2D eigenvalue weighted by atomic mass is 16.6. The summed E-state index contributed by atoms with van der Waals surface area (Å²) in [5.41, 5.74) is 1.04. The number of hydrogen-bond donors (Lipinski definition) is 1. The molecule has 1 heterocycles. The van der Waals surface area contributed by atoms with Crippen molar-refractivity contribution in [3.05, 3.63) is 39.9 Å². The summed E-state index contributed by atoms with van der Waals surface area (Å²) in [6, 6.07) is 7.52. The third-order valence-electron chi connectivity index (χ3n) is 3.50. The molecule has 0 amide bonds. The second-order valence-electron chi connectivity index (χ2n) is 4.71. The van der Waals surface area contributed by atoms with Crippen molar-refractivity contribution in [2.75, 3.05) is 20.1 Å². The van der Waals surface area contributed by atoms with Crippen LogP contribution in [-0.4, -0.2) is 36.0 Å². The van der Waals surface area contributed by atoms with Crippen LogP contribution in [0, 0.1) is 10.1 Å². The second kappa shape index (κ2) is 5.93. The fourth-order valence-electron chi connectivity index (χ4n) is 2.61. The highest BCUT2D eigenvalue weighted by Gasteiger charge is 2.25. The lowest BCUT2D eigenvalue weighted by Gasteiger charge is -2.24. The molecule has 5 heteroatoms. The van der Waals surface area contributed by atoms with Crippen molar-refractivity contribution in [1.29, 1.82) is 0 Å². The van der Waals surface area contributed by atoms with E-state index in [9.17, 15) is 10.1 Å². The molecule has 1 unspecified atom stereocenters. The predicted octanol–water partition coefficient (Wildman–Crippen LogP) is 1.78. The monoisotopic (exact) mass is 249 g/mol. The number of benzene rings is 1. The van der Waals surface area contributed by atoms with E-state index in [4.69, 9.17) is 0 Å². The van der Waals surface area contributed by atoms with Crippen molar-refractivity contribution in [3.63, 3.8) is 0 Å². The van der Waals surface area contributed by atoms with Gasteiger partial charge in [0.15, 0.2) is 0 Å². The van der Waals surface area contributed by atoms with Crippen LogP contribution in [-0.2, 0) is 6.54 Å². The molecular weight excluding hydrogens is 230 g/mol. The summed E-state index contributed by atoms with van der Waals surface area (Å²) in [4.78, 5) is 13.0. The Bertz CT molecular complexity index is 422. The first kappa shape index (κ1) is 13.0. The van der Waals surface area contributed by atoms with Gasteiger partial charge < -0.3 is 5.32 Å². The lowest BCUT2D eigenvalue weighted by Crippen LogP contribution is -2.36. The number of hydrogen-bond acceptors (Lipinski definition) is 4. The number of rotatable bonds is 5. The average molecular weight is 249 g/mol. The molecule has 0 bridgehead atoms. The first-order valence-electron chi connectivity index (χ1n) is 6.33. The van der Waals surface area contributed by atoms with Gasteiger partial charge in [-0.15, -0.1) is 0 Å². The summed E-state index contributed by atoms with van der Waals surface area (Å²) in [5, 5.41) is 14.2. The molecule has 1 saturated heterocycles. The van der Waals surface area contributed by atoms with Gasteiger partial charge in [0.2, 0.25) is 0 Å². The van der Waals surface area contributed by atoms with Gasteiger partial charge >= 0.3 is 0 Å². The molecule has 1 aliphatic heterocycles. The smallest absolute Gasteiger partial charge is 0.273 e. The number of nitro groups is 1. The first-order chi connectivity index (χ1) is 8.72. The predicted molar refractivity (Wildman–Crippen MR) is 70.5 cm³/mol. The molecule has 0 saturated carbocycles. The minimum atomic E-state index is -0.293. The second-order valence-corrected chi connectivity index (χ2v) is 4.71. The number of likely N-dealkylation sites (tertiary alicyclic amines) is 1. The van der Waals surface area contributed by atoms with E-state index in [2.05, 4.69) is 10.2 Å². The van der Waals surface area contributed by atoms with Crippen LogP contribution in [0.2, 0.25) is 0 Å². The topological polar surface area (TPSA) is 58.4 Å². The summed E-state index contributed by atoms with van der Waals surface area (Å²) >= 11 is 0. The van der Waals surface area contributed by atoms with Gasteiger partial charge in [-0.3, -0.25) is 15.0 Å². The van der Waals surface area contributed by atoms with E-state index in [1.807, 2.05) is 19.2 Å². The molecule has 1 N–H and O–H groups in total. The van der Waals surface area contributed by atoms with Gasteiger partial charge in [0.1, 0.15) is 0 Å². The van der Waals surface area contributed by atoms with Gasteiger partial charge in [-0.2, -0.15) is 0 Å². The van der Waals surface area contributed by atoms with Crippen LogP contribution in [0.15, 0.2) is 24.3 Å². The SMILES string of the molecule is CNCC1CCCN1Cc1ccccc1[N+](=O)[O-]. The quantitative estimate of drug-likeness (QED) is 0.638. The first-order valence-corrected chi connectivity index (χ1v) is 6.33. The van der Waals surface area contributed by atoms with E-state index in [1.54, 1.807) is 12.1 Å². The van der Waals surface area contributed by atoms with E-state index in [0.717, 1.165) is 18.7 Å². The Morgan fingerprint density at radius 3 is 3.00 bits per heavy atom. The fraction of sp³-hybridized carbons (Fsp3) is 0.538. The number of nitrogens with one attached hydrogen (secondary N) is 1. The summed E-state index contributed by atoms with van der Waals surface area (Å²) < 4.78 is 0. The van der Waals surface area contributed by atoms with E-state index >= 15 is 0 Å². The zero-order chi connectivity index (χ0) is 13.0. The summed E-state index contributed by atoms with van der Waals surface area (Å²) in [5.74, 6) is 0. The molecule has 0 radical (unpaired) electrons. The fourth-order valence-corrected chi connectivity index (χ4v) is 2.61. The number of nitro benzene ring substituents is 1. The van der Waals surface area contributed by atoms with E-state index < -0.39 is 0 Å². The Morgan fingerprint density at radius 1 is 1.50 bits per heavy atom. The Kier molecular flexibility index (Phi) is 4.28. The maximum atomic E-state index is 11.0. The zero-order valence-electron chi connectivity index (χ0n) is 10.6. The van der Waals surface area contributed by atoms with Gasteiger partial charge in [0.05, 0.1) is 4.92 Å². The van der Waals surface area contributed by atoms with Crippen LogP contribution in [0.4, 0.5) is 5.69 Å². The number of nitrogens with zero attached hydrogens (tertiary/aromatic N) is 2. The van der Waals surface area contributed by atoms with Crippen molar-refractivity contribution in [3.8, 4) is 0 Å². The normalized spacial score (nSPS) is 20.2. The molecule has 1 aromatic rings. The molecular formula is C13H19N3O2. The highest BCUT2D eigenvalue weighted by molar-refractivity contribution is 5.39. The van der Waals surface area contributed by atoms with Crippen LogP contribution < -0.4 is 5.32 Å². The summed E-state index contributed by atoms with van der Waals surface area (Å²) in [6.07, 6.45) is 2.34. The lowest BCUT2D eigenvalue weighted by molar-refractivity contribution is -0.385. The summed E-state index contributed by atoms with van der Waals surface area (Å²) in [7, 11) is 1.95. The lowest BCUT2D eigenvalue weighted by atomic mass is 10.1. The largest absolute Gasteiger partial charge is 0.318 e. The molecule has 98 valence electrons. The van der Waals surface area contributed by atoms with Crippen molar-refractivity contribution in [2.45, 2.75) is 25.4 Å². The molecule has 0 spiro atoms. The van der Waals surface area contributed by atoms with Gasteiger partial charge in [-0.05, 0) is 26.4 Å². The number of likely N-dealkylation sites (N-methyl/N-ethyl adjacent to an activating group) is 1. The maximum absolute atomic E-state index is 11.0. The van der Waals surface area contributed by atoms with Gasteiger partial charge in [-0.25, -0.2) is 0 Å². The van der Waals surface area contributed by atoms with Crippen LogP contribution >= 0.6 is 0 Å². The Labute approximate surface area is 107 Å². The van der Waals surface area contributed by atoms with Crippen molar-refractivity contribution in [2.24, 2.45) is 0 Å². The minimum Gasteiger partial charge on any atom is -0.318 e. The molecule has 1 aliphatic rings. The molecule has 1 fully saturated rings. The van der Waals surface area contributed by atoms with Crippen LogP contribution in [0.3, 0.4) is 0 Å². The van der Waals surface area contributed by atoms with Gasteiger partial charge in [0, 0.05) is 30.8 Å². The standard InChI is InChI=1S/C13H19N3O2/c1-14-9-12-6-4-8-15(12)10-11-5-2-3-7-13(11)16(17)18/h2-3,5,7,12,14H,4,6,8-10H2,1H3. The molecule has 18 heavy (non-hydrogen) atoms. The molecule has 1 atom stereocenters. The third kappa shape index (κ3) is 2.86. The van der Waals surface area contributed by atoms with Crippen LogP contribution in [0.1, 0.15) is 18.4 Å². The minimum absolute atomic E-state index is 0.229. The average Bonchev–Trinajstić information content (AvgIpc) is 2.78. The molecule has 0 aliphatic carbocycles. The van der Waals surface area contributed by atoms with Crippen LogP contribution in [0.5, 0.6) is 0 Å². The summed E-state index contributed by atoms with van der Waals surface area (Å²) in [6.45, 7) is 2.64. The van der Waals surface area contributed by atoms with E-state index in [-0.39, 0.29) is 10.6 Å². The van der Waals surface area contributed by atoms with E-state index in [0.29, 0.717) is 12.6 Å². The van der Waals surface area contributed by atoms with Gasteiger partial charge in [-0.1, -0.05) is 18.2 Å². The van der Waals surface area contributed by atoms with Crippen LogP contribution in [0.25, 0.3) is 0 Å². The Hall–Kier alpha value is -1.46. The molecule has 0 aromatic heterocycles.